The maximum atomic E-state index is 12.7. The maximum Gasteiger partial charge on any atom is 0.293 e. The molecule has 1 atom stereocenters. The number of aromatic nitrogens is 1. The van der Waals surface area contributed by atoms with Crippen molar-refractivity contribution in [2.45, 2.75) is 19.4 Å². The number of carbonyl (C=O) groups is 2. The highest BCUT2D eigenvalue weighted by atomic mass is 32.1. The fraction of sp³-hybridized carbons (Fsp3) is 0.261. The molecule has 2 heterocycles. The first kappa shape index (κ1) is 23.2. The van der Waals surface area contributed by atoms with Crippen LogP contribution in [0.3, 0.4) is 0 Å². The van der Waals surface area contributed by atoms with Gasteiger partial charge >= 0.3 is 0 Å². The van der Waals surface area contributed by atoms with Crippen molar-refractivity contribution in [3.05, 3.63) is 63.0 Å². The number of benzene rings is 2. The molecule has 176 valence electrons. The normalized spacial score (nSPS) is 14.5. The first-order valence-electron chi connectivity index (χ1n) is 10.5. The van der Waals surface area contributed by atoms with Gasteiger partial charge in [-0.05, 0) is 30.3 Å². The number of rotatable bonds is 6. The number of thiazole rings is 1. The number of anilines is 2. The van der Waals surface area contributed by atoms with Crippen molar-refractivity contribution in [2.24, 2.45) is 0 Å². The van der Waals surface area contributed by atoms with Gasteiger partial charge in [0.05, 0.1) is 23.3 Å². The van der Waals surface area contributed by atoms with Crippen LogP contribution in [0, 0.1) is 10.1 Å². The van der Waals surface area contributed by atoms with Gasteiger partial charge in [-0.3, -0.25) is 25.0 Å². The number of nitro benzene ring substituents is 1. The van der Waals surface area contributed by atoms with E-state index in [2.05, 4.69) is 15.6 Å². The highest BCUT2D eigenvalue weighted by Crippen LogP contribution is 2.36. The smallest absolute Gasteiger partial charge is 0.293 e. The summed E-state index contributed by atoms with van der Waals surface area (Å²) in [4.78, 5) is 41.3. The molecule has 1 aliphatic heterocycles. The van der Waals surface area contributed by atoms with Gasteiger partial charge in [0.15, 0.2) is 5.13 Å². The van der Waals surface area contributed by atoms with Crippen molar-refractivity contribution < 1.29 is 19.2 Å². The van der Waals surface area contributed by atoms with Crippen LogP contribution in [0.25, 0.3) is 11.3 Å². The lowest BCUT2D eigenvalue weighted by molar-refractivity contribution is -0.384. The molecular weight excluding hydrogens is 458 g/mol. The van der Waals surface area contributed by atoms with Crippen molar-refractivity contribution >= 4 is 39.7 Å². The van der Waals surface area contributed by atoms with Gasteiger partial charge in [-0.1, -0.05) is 0 Å². The van der Waals surface area contributed by atoms with E-state index in [1.807, 2.05) is 23.6 Å². The lowest BCUT2D eigenvalue weighted by Gasteiger charge is -2.26. The summed E-state index contributed by atoms with van der Waals surface area (Å²) < 4.78 is 5.71. The van der Waals surface area contributed by atoms with E-state index in [0.717, 1.165) is 16.9 Å². The quantitative estimate of drug-likeness (QED) is 0.402. The number of amides is 2. The summed E-state index contributed by atoms with van der Waals surface area (Å²) in [5, 5.41) is 19.2. The molecule has 0 aliphatic carbocycles. The molecule has 1 unspecified atom stereocenters. The van der Waals surface area contributed by atoms with Crippen LogP contribution in [-0.4, -0.2) is 42.4 Å². The SMILES string of the molecule is CC(=O)NC1CCOc2ccc(-c3csc(NC(=O)c4ccc(N(C)C)c([N+](=O)[O-])c4)n3)cc21. The fourth-order valence-corrected chi connectivity index (χ4v) is 4.49. The van der Waals surface area contributed by atoms with Gasteiger partial charge in [-0.25, -0.2) is 4.98 Å². The number of carbonyl (C=O) groups excluding carboxylic acids is 2. The second kappa shape index (κ2) is 9.48. The Balaban J connectivity index is 1.54. The molecule has 34 heavy (non-hydrogen) atoms. The van der Waals surface area contributed by atoms with Crippen LogP contribution in [0.15, 0.2) is 41.8 Å². The topological polar surface area (TPSA) is 127 Å². The molecule has 1 aromatic heterocycles. The highest BCUT2D eigenvalue weighted by molar-refractivity contribution is 7.14. The molecule has 2 N–H and O–H groups in total. The van der Waals surface area contributed by atoms with E-state index < -0.39 is 10.8 Å². The molecule has 2 amide bonds. The van der Waals surface area contributed by atoms with Gasteiger partial charge in [-0.15, -0.1) is 11.3 Å². The van der Waals surface area contributed by atoms with Crippen LogP contribution in [0.4, 0.5) is 16.5 Å². The summed E-state index contributed by atoms with van der Waals surface area (Å²) in [6.45, 7) is 2.01. The van der Waals surface area contributed by atoms with E-state index in [0.29, 0.717) is 29.5 Å². The highest BCUT2D eigenvalue weighted by Gasteiger charge is 2.23. The Labute approximate surface area is 199 Å². The molecule has 4 rings (SSSR count). The van der Waals surface area contributed by atoms with Gasteiger partial charge in [0.2, 0.25) is 5.91 Å². The van der Waals surface area contributed by atoms with Crippen molar-refractivity contribution in [1.29, 1.82) is 0 Å². The molecule has 0 saturated heterocycles. The zero-order chi connectivity index (χ0) is 24.4. The van der Waals surface area contributed by atoms with Crippen LogP contribution >= 0.6 is 11.3 Å². The van der Waals surface area contributed by atoms with Crippen molar-refractivity contribution in [2.75, 3.05) is 30.9 Å². The zero-order valence-corrected chi connectivity index (χ0v) is 19.6. The van der Waals surface area contributed by atoms with Crippen LogP contribution in [0.1, 0.15) is 35.3 Å². The Morgan fingerprint density at radius 2 is 2.03 bits per heavy atom. The van der Waals surface area contributed by atoms with Crippen molar-refractivity contribution in [3.63, 3.8) is 0 Å². The van der Waals surface area contributed by atoms with Crippen LogP contribution in [0.5, 0.6) is 5.75 Å². The van der Waals surface area contributed by atoms with Gasteiger partial charge in [-0.2, -0.15) is 0 Å². The van der Waals surface area contributed by atoms with E-state index in [4.69, 9.17) is 4.74 Å². The van der Waals surface area contributed by atoms with Crippen LogP contribution in [-0.2, 0) is 4.79 Å². The predicted molar refractivity (Wildman–Crippen MR) is 130 cm³/mol. The minimum absolute atomic E-state index is 0.110. The Morgan fingerprint density at radius 3 is 2.74 bits per heavy atom. The Kier molecular flexibility index (Phi) is 6.46. The average molecular weight is 482 g/mol. The average Bonchev–Trinajstić information content (AvgIpc) is 3.26. The minimum atomic E-state index is -0.512. The molecule has 0 fully saturated rings. The summed E-state index contributed by atoms with van der Waals surface area (Å²) in [5.41, 5.74) is 2.78. The molecule has 2 aromatic carbocycles. The molecule has 0 radical (unpaired) electrons. The molecule has 11 heteroatoms. The summed E-state index contributed by atoms with van der Waals surface area (Å²) in [6.07, 6.45) is 0.674. The molecule has 0 spiro atoms. The second-order valence-electron chi connectivity index (χ2n) is 7.99. The fourth-order valence-electron chi connectivity index (χ4n) is 3.77. The first-order chi connectivity index (χ1) is 16.2. The third-order valence-corrected chi connectivity index (χ3v) is 6.12. The van der Waals surface area contributed by atoms with Gasteiger partial charge < -0.3 is 15.0 Å². The Hall–Kier alpha value is -3.99. The van der Waals surface area contributed by atoms with E-state index in [1.54, 1.807) is 25.1 Å². The number of hydrogen-bond donors (Lipinski definition) is 2. The summed E-state index contributed by atoms with van der Waals surface area (Å²) in [5.74, 6) is 0.125. The molecule has 1 aliphatic rings. The van der Waals surface area contributed by atoms with E-state index in [-0.39, 0.29) is 23.2 Å². The van der Waals surface area contributed by atoms with Crippen LogP contribution < -0.4 is 20.3 Å². The molecule has 0 bridgehead atoms. The minimum Gasteiger partial charge on any atom is -0.493 e. The lowest BCUT2D eigenvalue weighted by Crippen LogP contribution is -2.30. The predicted octanol–water partition coefficient (Wildman–Crippen LogP) is 4.00. The van der Waals surface area contributed by atoms with Crippen molar-refractivity contribution in [1.82, 2.24) is 10.3 Å². The van der Waals surface area contributed by atoms with E-state index in [1.165, 1.54) is 30.4 Å². The molecular formula is C23H23N5O5S. The number of nitro groups is 1. The third-order valence-electron chi connectivity index (χ3n) is 5.36. The molecule has 3 aromatic rings. The summed E-state index contributed by atoms with van der Waals surface area (Å²) in [7, 11) is 3.40. The second-order valence-corrected chi connectivity index (χ2v) is 8.85. The van der Waals surface area contributed by atoms with E-state index in [9.17, 15) is 19.7 Å². The zero-order valence-electron chi connectivity index (χ0n) is 18.8. The Bertz CT molecular complexity index is 1270. The third kappa shape index (κ3) is 4.84. The summed E-state index contributed by atoms with van der Waals surface area (Å²) in [6, 6.07) is 9.85. The molecule has 10 nitrogen and oxygen atoms in total. The lowest BCUT2D eigenvalue weighted by atomic mass is 9.97. The number of hydrogen-bond acceptors (Lipinski definition) is 8. The van der Waals surface area contributed by atoms with Gasteiger partial charge in [0.1, 0.15) is 11.4 Å². The molecule has 0 saturated carbocycles. The van der Waals surface area contributed by atoms with Crippen LogP contribution in [0.2, 0.25) is 0 Å². The van der Waals surface area contributed by atoms with Crippen molar-refractivity contribution in [3.8, 4) is 17.0 Å². The number of nitrogens with zero attached hydrogens (tertiary/aromatic N) is 3. The van der Waals surface area contributed by atoms with Gasteiger partial charge in [0.25, 0.3) is 11.6 Å². The van der Waals surface area contributed by atoms with Gasteiger partial charge in [0, 0.05) is 55.6 Å². The first-order valence-corrected chi connectivity index (χ1v) is 11.4. The Morgan fingerprint density at radius 1 is 1.24 bits per heavy atom. The summed E-state index contributed by atoms with van der Waals surface area (Å²) >= 11 is 1.25. The number of nitrogens with one attached hydrogen (secondary N) is 2. The standard InChI is InChI=1S/C23H23N5O5S/c1-13(29)24-17-8-9-33-21-7-5-14(10-16(17)21)18-12-34-23(25-18)26-22(30)15-4-6-19(27(2)3)20(11-15)28(31)32/h4-7,10-12,17H,8-9H2,1-3H3,(H,24,29)(H,25,26,30). The monoisotopic (exact) mass is 481 g/mol. The number of ether oxygens (including phenoxy) is 1. The number of fused-ring (bicyclic) bond motifs is 1. The van der Waals surface area contributed by atoms with E-state index >= 15 is 0 Å². The maximum absolute atomic E-state index is 12.7. The largest absolute Gasteiger partial charge is 0.493 e.